The number of morpholine rings is 1. The molecule has 3 rings (SSSR count). The first kappa shape index (κ1) is 22.7. The van der Waals surface area contributed by atoms with Gasteiger partial charge in [-0.2, -0.15) is 4.98 Å². The second-order valence-electron chi connectivity index (χ2n) is 7.71. The molecule has 0 spiro atoms. The average molecular weight is 435 g/mol. The van der Waals surface area contributed by atoms with Gasteiger partial charge in [-0.1, -0.05) is 19.0 Å². The maximum Gasteiger partial charge on any atom is 0.228 e. The predicted octanol–water partition coefficient (Wildman–Crippen LogP) is 2.73. The largest absolute Gasteiger partial charge is 0.379 e. The smallest absolute Gasteiger partial charge is 0.228 e. The van der Waals surface area contributed by atoms with Crippen LogP contribution in [0.15, 0.2) is 21.6 Å². The molecule has 30 heavy (non-hydrogen) atoms. The first-order valence-corrected chi connectivity index (χ1v) is 11.6. The SMILES string of the molecule is CCNC(=NCC(c1ccc(C)s1)N1CCOCC1)NCCc1nc(C(C)C)no1. The quantitative estimate of drug-likeness (QED) is 0.463. The highest BCUT2D eigenvalue weighted by Crippen LogP contribution is 2.28. The zero-order valence-corrected chi connectivity index (χ0v) is 19.3. The average Bonchev–Trinajstić information content (AvgIpc) is 3.38. The number of aryl methyl sites for hydroxylation is 1. The van der Waals surface area contributed by atoms with E-state index in [1.165, 1.54) is 9.75 Å². The van der Waals surface area contributed by atoms with E-state index < -0.39 is 0 Å². The lowest BCUT2D eigenvalue weighted by molar-refractivity contribution is 0.0186. The first-order chi connectivity index (χ1) is 14.6. The molecule has 1 atom stereocenters. The van der Waals surface area contributed by atoms with Gasteiger partial charge >= 0.3 is 0 Å². The number of nitrogens with one attached hydrogen (secondary N) is 2. The molecule has 3 heterocycles. The summed E-state index contributed by atoms with van der Waals surface area (Å²) in [5, 5.41) is 10.8. The molecule has 0 radical (unpaired) electrons. The molecule has 0 aliphatic carbocycles. The molecular formula is C21H34N6O2S. The first-order valence-electron chi connectivity index (χ1n) is 10.8. The van der Waals surface area contributed by atoms with Gasteiger partial charge in [0.15, 0.2) is 11.8 Å². The van der Waals surface area contributed by atoms with Crippen LogP contribution in [0.5, 0.6) is 0 Å². The molecule has 0 bridgehead atoms. The Kier molecular flexibility index (Phi) is 8.65. The number of hydrogen-bond acceptors (Lipinski definition) is 7. The van der Waals surface area contributed by atoms with Crippen LogP contribution in [0.3, 0.4) is 0 Å². The van der Waals surface area contributed by atoms with Gasteiger partial charge in [0.25, 0.3) is 0 Å². The summed E-state index contributed by atoms with van der Waals surface area (Å²) >= 11 is 1.85. The zero-order chi connectivity index (χ0) is 21.3. The van der Waals surface area contributed by atoms with Crippen LogP contribution in [0, 0.1) is 6.92 Å². The summed E-state index contributed by atoms with van der Waals surface area (Å²) in [7, 11) is 0. The third-order valence-corrected chi connectivity index (χ3v) is 6.08. The van der Waals surface area contributed by atoms with E-state index in [0.717, 1.165) is 44.6 Å². The summed E-state index contributed by atoms with van der Waals surface area (Å²) in [5.41, 5.74) is 0. The van der Waals surface area contributed by atoms with Crippen LogP contribution in [0.2, 0.25) is 0 Å². The van der Waals surface area contributed by atoms with Crippen LogP contribution in [-0.4, -0.2) is 66.9 Å². The molecule has 1 unspecified atom stereocenters. The molecule has 0 aromatic carbocycles. The van der Waals surface area contributed by atoms with Crippen molar-refractivity contribution in [2.75, 3.05) is 45.9 Å². The van der Waals surface area contributed by atoms with Gasteiger partial charge in [-0.05, 0) is 26.0 Å². The highest BCUT2D eigenvalue weighted by atomic mass is 32.1. The summed E-state index contributed by atoms with van der Waals surface area (Å²) in [4.78, 5) is 14.5. The van der Waals surface area contributed by atoms with Gasteiger partial charge in [0.05, 0.1) is 25.8 Å². The van der Waals surface area contributed by atoms with Crippen LogP contribution in [0.1, 0.15) is 54.2 Å². The van der Waals surface area contributed by atoms with E-state index in [9.17, 15) is 0 Å². The highest BCUT2D eigenvalue weighted by Gasteiger charge is 2.23. The maximum atomic E-state index is 5.55. The van der Waals surface area contributed by atoms with Gasteiger partial charge in [-0.15, -0.1) is 11.3 Å². The van der Waals surface area contributed by atoms with Crippen molar-refractivity contribution in [3.63, 3.8) is 0 Å². The molecule has 1 aliphatic rings. The monoisotopic (exact) mass is 434 g/mol. The fourth-order valence-corrected chi connectivity index (χ4v) is 4.32. The van der Waals surface area contributed by atoms with Crippen LogP contribution in [0.4, 0.5) is 0 Å². The van der Waals surface area contributed by atoms with Crippen LogP contribution in [-0.2, 0) is 11.2 Å². The predicted molar refractivity (Wildman–Crippen MR) is 120 cm³/mol. The lowest BCUT2D eigenvalue weighted by Crippen LogP contribution is -2.42. The number of aliphatic imine (C=N–C) groups is 1. The third-order valence-electron chi connectivity index (χ3n) is 4.97. The topological polar surface area (TPSA) is 87.8 Å². The van der Waals surface area contributed by atoms with Crippen LogP contribution in [0.25, 0.3) is 0 Å². The molecule has 2 aromatic rings. The highest BCUT2D eigenvalue weighted by molar-refractivity contribution is 7.12. The van der Waals surface area contributed by atoms with E-state index in [0.29, 0.717) is 25.4 Å². The van der Waals surface area contributed by atoms with Crippen molar-refractivity contribution in [2.24, 2.45) is 4.99 Å². The number of nitrogens with zero attached hydrogens (tertiary/aromatic N) is 4. The Morgan fingerprint density at radius 1 is 1.27 bits per heavy atom. The Morgan fingerprint density at radius 2 is 2.07 bits per heavy atom. The summed E-state index contributed by atoms with van der Waals surface area (Å²) in [6.07, 6.45) is 0.668. The Balaban J connectivity index is 1.61. The van der Waals surface area contributed by atoms with Gasteiger partial charge < -0.3 is 19.9 Å². The van der Waals surface area contributed by atoms with Crippen molar-refractivity contribution in [2.45, 2.75) is 46.1 Å². The lowest BCUT2D eigenvalue weighted by atomic mass is 10.2. The van der Waals surface area contributed by atoms with Crippen molar-refractivity contribution in [1.82, 2.24) is 25.7 Å². The van der Waals surface area contributed by atoms with E-state index in [2.05, 4.69) is 65.5 Å². The van der Waals surface area contributed by atoms with E-state index >= 15 is 0 Å². The Bertz CT molecular complexity index is 797. The van der Waals surface area contributed by atoms with Gasteiger partial charge in [-0.3, -0.25) is 9.89 Å². The normalized spacial score (nSPS) is 16.8. The van der Waals surface area contributed by atoms with E-state index in [1.54, 1.807) is 0 Å². The maximum absolute atomic E-state index is 5.55. The molecule has 0 saturated carbocycles. The van der Waals surface area contributed by atoms with Crippen molar-refractivity contribution in [3.8, 4) is 0 Å². The number of rotatable bonds is 9. The molecule has 8 nitrogen and oxygen atoms in total. The van der Waals surface area contributed by atoms with Gasteiger partial charge in [0.2, 0.25) is 5.89 Å². The molecule has 1 fully saturated rings. The van der Waals surface area contributed by atoms with E-state index in [-0.39, 0.29) is 12.0 Å². The standard InChI is InChI=1S/C21H34N6O2S/c1-5-22-21(23-9-8-19-25-20(15(2)3)26-29-19)24-14-17(18-7-6-16(4)30-18)27-10-12-28-13-11-27/h6-7,15,17H,5,8-14H2,1-4H3,(H2,22,23,24). The number of thiophene rings is 1. The van der Waals surface area contributed by atoms with E-state index in [4.69, 9.17) is 14.3 Å². The molecular weight excluding hydrogens is 400 g/mol. The summed E-state index contributed by atoms with van der Waals surface area (Å²) in [6, 6.07) is 4.70. The number of ether oxygens (including phenoxy) is 1. The second-order valence-corrected chi connectivity index (χ2v) is 9.03. The summed E-state index contributed by atoms with van der Waals surface area (Å²) < 4.78 is 10.9. The fraction of sp³-hybridized carbons (Fsp3) is 0.667. The molecule has 2 aromatic heterocycles. The van der Waals surface area contributed by atoms with Crippen LogP contribution >= 0.6 is 11.3 Å². The van der Waals surface area contributed by atoms with Gasteiger partial charge in [0.1, 0.15) is 0 Å². The third kappa shape index (κ3) is 6.52. The lowest BCUT2D eigenvalue weighted by Gasteiger charge is -2.33. The summed E-state index contributed by atoms with van der Waals surface area (Å²) in [6.45, 7) is 14.0. The molecule has 9 heteroatoms. The minimum atomic E-state index is 0.271. The van der Waals surface area contributed by atoms with Crippen molar-refractivity contribution in [1.29, 1.82) is 0 Å². The molecule has 1 aliphatic heterocycles. The molecule has 1 saturated heterocycles. The Hall–Kier alpha value is -1.97. The van der Waals surface area contributed by atoms with Crippen LogP contribution < -0.4 is 10.6 Å². The minimum absolute atomic E-state index is 0.271. The second kappa shape index (κ2) is 11.4. The molecule has 0 amide bonds. The van der Waals surface area contributed by atoms with Crippen molar-refractivity contribution >= 4 is 17.3 Å². The number of hydrogen-bond donors (Lipinski definition) is 2. The Labute approximate surface area is 183 Å². The Morgan fingerprint density at radius 3 is 2.70 bits per heavy atom. The van der Waals surface area contributed by atoms with Crippen molar-refractivity contribution < 1.29 is 9.26 Å². The minimum Gasteiger partial charge on any atom is -0.379 e. The zero-order valence-electron chi connectivity index (χ0n) is 18.5. The van der Waals surface area contributed by atoms with Crippen molar-refractivity contribution in [3.05, 3.63) is 33.6 Å². The fourth-order valence-electron chi connectivity index (χ4n) is 3.32. The van der Waals surface area contributed by atoms with Gasteiger partial charge in [-0.25, -0.2) is 0 Å². The summed E-state index contributed by atoms with van der Waals surface area (Å²) in [5.74, 6) is 2.49. The number of guanidine groups is 1. The van der Waals surface area contributed by atoms with Gasteiger partial charge in [0, 0.05) is 48.3 Å². The number of aromatic nitrogens is 2. The van der Waals surface area contributed by atoms with E-state index in [1.807, 2.05) is 11.3 Å². The molecule has 166 valence electrons. The molecule has 2 N–H and O–H groups in total.